The minimum Gasteiger partial charge on any atom is -0.333 e. The Hall–Kier alpha value is -3.34. The maximum Gasteiger partial charge on any atom is 0.257 e. The molecule has 4 aromatic rings. The van der Waals surface area contributed by atoms with Crippen molar-refractivity contribution < 1.29 is 13.2 Å². The number of carbonyl (C=O) groups excluding carboxylic acids is 1. The van der Waals surface area contributed by atoms with E-state index in [0.717, 1.165) is 16.3 Å². The molecule has 2 heterocycles. The van der Waals surface area contributed by atoms with Gasteiger partial charge in [0.05, 0.1) is 15.5 Å². The number of nitrogens with one attached hydrogen (secondary N) is 2. The van der Waals surface area contributed by atoms with Crippen LogP contribution in [0.5, 0.6) is 0 Å². The highest BCUT2D eigenvalue weighted by molar-refractivity contribution is 7.89. The van der Waals surface area contributed by atoms with E-state index in [4.69, 9.17) is 0 Å². The number of hydrogen-bond donors (Lipinski definition) is 2. The monoisotopic (exact) mass is 481 g/mol. The first-order valence-corrected chi connectivity index (χ1v) is 12.4. The first-order chi connectivity index (χ1) is 15.7. The summed E-state index contributed by atoms with van der Waals surface area (Å²) in [7, 11) is -0.467. The highest BCUT2D eigenvalue weighted by Crippen LogP contribution is 2.38. The lowest BCUT2D eigenvalue weighted by Crippen LogP contribution is -2.21. The molecule has 2 aromatic carbocycles. The molecule has 0 unspecified atom stereocenters. The van der Waals surface area contributed by atoms with Gasteiger partial charge < -0.3 is 4.57 Å². The molecule has 4 rings (SSSR count). The minimum absolute atomic E-state index is 0.0768. The van der Waals surface area contributed by atoms with Crippen LogP contribution in [0.25, 0.3) is 22.0 Å². The average Bonchev–Trinajstić information content (AvgIpc) is 3.41. The van der Waals surface area contributed by atoms with Crippen LogP contribution in [0, 0.1) is 13.8 Å². The Kier molecular flexibility index (Phi) is 6.15. The smallest absolute Gasteiger partial charge is 0.257 e. The summed E-state index contributed by atoms with van der Waals surface area (Å²) in [6, 6.07) is 12.7. The zero-order valence-corrected chi connectivity index (χ0v) is 20.2. The van der Waals surface area contributed by atoms with E-state index in [0.29, 0.717) is 22.0 Å². The molecule has 2 aromatic heterocycles. The molecule has 0 aliphatic heterocycles. The van der Waals surface area contributed by atoms with E-state index in [1.807, 2.05) is 48.1 Å². The van der Waals surface area contributed by atoms with Gasteiger partial charge in [0.1, 0.15) is 0 Å². The number of hydrogen-bond acceptors (Lipinski definition) is 6. The number of benzene rings is 2. The topological polar surface area (TPSA) is 106 Å². The standard InChI is InChI=1S/C23H23N5O3S2/c1-14-12-17(13-18(15(14)2)33(30,31)24-3)22(29)27-23-26-19(16-8-6-5-7-9-16)20(32-23)21-25-10-11-28(21)4/h5-13,24H,1-4H3,(H,26,27,29). The molecule has 0 radical (unpaired) electrons. The van der Waals surface area contributed by atoms with Gasteiger partial charge >= 0.3 is 0 Å². The van der Waals surface area contributed by atoms with Crippen molar-refractivity contribution in [1.82, 2.24) is 19.3 Å². The third-order valence-corrected chi connectivity index (χ3v) is 7.87. The molecular formula is C23H23N5O3S2. The van der Waals surface area contributed by atoms with Gasteiger partial charge in [-0.25, -0.2) is 23.1 Å². The first-order valence-electron chi connectivity index (χ1n) is 10.1. The molecule has 0 saturated heterocycles. The predicted octanol–water partition coefficient (Wildman–Crippen LogP) is 3.99. The molecule has 8 nitrogen and oxygen atoms in total. The Bertz CT molecular complexity index is 1440. The highest BCUT2D eigenvalue weighted by Gasteiger charge is 2.22. The van der Waals surface area contributed by atoms with Crippen LogP contribution in [-0.4, -0.2) is 35.9 Å². The molecule has 0 atom stereocenters. The van der Waals surface area contributed by atoms with Crippen molar-refractivity contribution >= 4 is 32.4 Å². The largest absolute Gasteiger partial charge is 0.333 e. The van der Waals surface area contributed by atoms with E-state index in [1.165, 1.54) is 24.5 Å². The van der Waals surface area contributed by atoms with Crippen molar-refractivity contribution in [3.63, 3.8) is 0 Å². The van der Waals surface area contributed by atoms with Crippen LogP contribution in [0.3, 0.4) is 0 Å². The lowest BCUT2D eigenvalue weighted by Gasteiger charge is -2.12. The molecule has 0 aliphatic rings. The van der Waals surface area contributed by atoms with E-state index >= 15 is 0 Å². The Labute approximate surface area is 196 Å². The SMILES string of the molecule is CNS(=O)(=O)c1cc(C(=O)Nc2nc(-c3ccccc3)c(-c3nccn3C)s2)cc(C)c1C. The molecule has 0 bridgehead atoms. The summed E-state index contributed by atoms with van der Waals surface area (Å²) < 4.78 is 29.0. The van der Waals surface area contributed by atoms with Crippen molar-refractivity contribution in [1.29, 1.82) is 0 Å². The van der Waals surface area contributed by atoms with Crippen LogP contribution >= 0.6 is 11.3 Å². The van der Waals surface area contributed by atoms with Crippen molar-refractivity contribution in [3.8, 4) is 22.0 Å². The van der Waals surface area contributed by atoms with Gasteiger partial charge in [0.2, 0.25) is 10.0 Å². The molecule has 0 spiro atoms. The van der Waals surface area contributed by atoms with Gasteiger partial charge in [-0.2, -0.15) is 0 Å². The molecule has 10 heteroatoms. The second-order valence-corrected chi connectivity index (χ2v) is 10.4. The summed E-state index contributed by atoms with van der Waals surface area (Å²) in [5, 5.41) is 3.23. The fourth-order valence-corrected chi connectivity index (χ4v) is 5.51. The number of rotatable bonds is 6. The molecule has 0 fully saturated rings. The molecule has 33 heavy (non-hydrogen) atoms. The van der Waals surface area contributed by atoms with Crippen LogP contribution in [0.4, 0.5) is 5.13 Å². The number of amides is 1. The molecule has 0 saturated carbocycles. The molecule has 0 aliphatic carbocycles. The van der Waals surface area contributed by atoms with Gasteiger partial charge in [0, 0.05) is 30.6 Å². The second kappa shape index (κ2) is 8.89. The fraction of sp³-hybridized carbons (Fsp3) is 0.174. The van der Waals surface area contributed by atoms with Crippen LogP contribution in [0.15, 0.2) is 59.8 Å². The van der Waals surface area contributed by atoms with Gasteiger partial charge in [-0.05, 0) is 44.2 Å². The van der Waals surface area contributed by atoms with E-state index in [1.54, 1.807) is 26.1 Å². The number of thiazole rings is 1. The number of aromatic nitrogens is 3. The maximum atomic E-state index is 13.1. The van der Waals surface area contributed by atoms with Crippen molar-refractivity contribution in [2.75, 3.05) is 12.4 Å². The van der Waals surface area contributed by atoms with E-state index in [-0.39, 0.29) is 10.5 Å². The fourth-order valence-electron chi connectivity index (χ4n) is 3.42. The van der Waals surface area contributed by atoms with Crippen LogP contribution in [0.2, 0.25) is 0 Å². The summed E-state index contributed by atoms with van der Waals surface area (Å²) in [6.07, 6.45) is 3.56. The summed E-state index contributed by atoms with van der Waals surface area (Å²) in [5.41, 5.74) is 3.15. The number of nitrogens with zero attached hydrogens (tertiary/aromatic N) is 3. The Morgan fingerprint density at radius 1 is 1.12 bits per heavy atom. The first kappa shape index (κ1) is 22.8. The molecule has 2 N–H and O–H groups in total. The summed E-state index contributed by atoms with van der Waals surface area (Å²) in [4.78, 5) is 23.1. The maximum absolute atomic E-state index is 13.1. The normalized spacial score (nSPS) is 11.5. The van der Waals surface area contributed by atoms with Crippen LogP contribution in [-0.2, 0) is 17.1 Å². The molecular weight excluding hydrogens is 458 g/mol. The number of sulfonamides is 1. The Balaban J connectivity index is 1.74. The van der Waals surface area contributed by atoms with Crippen LogP contribution in [0.1, 0.15) is 21.5 Å². The van der Waals surface area contributed by atoms with Crippen LogP contribution < -0.4 is 10.0 Å². The van der Waals surface area contributed by atoms with Gasteiger partial charge in [-0.3, -0.25) is 10.1 Å². The lowest BCUT2D eigenvalue weighted by molar-refractivity contribution is 0.102. The Morgan fingerprint density at radius 3 is 2.48 bits per heavy atom. The van der Waals surface area contributed by atoms with E-state index in [2.05, 4.69) is 20.0 Å². The van der Waals surface area contributed by atoms with Gasteiger partial charge in [0.25, 0.3) is 5.91 Å². The molecule has 1 amide bonds. The number of carbonyl (C=O) groups is 1. The minimum atomic E-state index is -3.71. The second-order valence-electron chi connectivity index (χ2n) is 7.50. The predicted molar refractivity (Wildman–Crippen MR) is 130 cm³/mol. The average molecular weight is 482 g/mol. The third kappa shape index (κ3) is 4.45. The zero-order chi connectivity index (χ0) is 23.8. The summed E-state index contributed by atoms with van der Waals surface area (Å²) in [6.45, 7) is 3.49. The summed E-state index contributed by atoms with van der Waals surface area (Å²) in [5.74, 6) is 0.297. The highest BCUT2D eigenvalue weighted by atomic mass is 32.2. The van der Waals surface area contributed by atoms with Gasteiger partial charge in [0.15, 0.2) is 11.0 Å². The number of aryl methyl sites for hydroxylation is 2. The Morgan fingerprint density at radius 2 is 1.85 bits per heavy atom. The summed E-state index contributed by atoms with van der Waals surface area (Å²) >= 11 is 1.31. The third-order valence-electron chi connectivity index (χ3n) is 5.36. The molecule has 170 valence electrons. The van der Waals surface area contributed by atoms with Crippen molar-refractivity contribution in [2.24, 2.45) is 7.05 Å². The van der Waals surface area contributed by atoms with Gasteiger partial charge in [-0.1, -0.05) is 41.7 Å². The quantitative estimate of drug-likeness (QED) is 0.433. The van der Waals surface area contributed by atoms with Crippen molar-refractivity contribution in [2.45, 2.75) is 18.7 Å². The van der Waals surface area contributed by atoms with E-state index in [9.17, 15) is 13.2 Å². The number of imidazole rings is 1. The zero-order valence-electron chi connectivity index (χ0n) is 18.6. The lowest BCUT2D eigenvalue weighted by atomic mass is 10.1. The number of anilines is 1. The van der Waals surface area contributed by atoms with Gasteiger partial charge in [-0.15, -0.1) is 0 Å². The van der Waals surface area contributed by atoms with E-state index < -0.39 is 15.9 Å². The van der Waals surface area contributed by atoms with Crippen molar-refractivity contribution in [3.05, 3.63) is 71.5 Å².